The quantitative estimate of drug-likeness (QED) is 0.647. The minimum absolute atomic E-state index is 0.0660. The van der Waals surface area contributed by atoms with Crippen LogP contribution in [0.15, 0.2) is 42.5 Å². The van der Waals surface area contributed by atoms with Crippen LogP contribution in [0.4, 0.5) is 5.69 Å². The summed E-state index contributed by atoms with van der Waals surface area (Å²) in [5.74, 6) is 0.138. The lowest BCUT2D eigenvalue weighted by Crippen LogP contribution is -2.20. The number of carbonyl (C=O) groups excluding carboxylic acids is 3. The molecule has 0 unspecified atom stereocenters. The fraction of sp³-hybridized carbons (Fsp3) is 0.318. The molecule has 2 aromatic carbocycles. The molecule has 0 aromatic heterocycles. The van der Waals surface area contributed by atoms with Crippen molar-refractivity contribution < 1.29 is 19.1 Å². The van der Waals surface area contributed by atoms with Gasteiger partial charge < -0.3 is 15.4 Å². The van der Waals surface area contributed by atoms with Gasteiger partial charge in [-0.2, -0.15) is 0 Å². The molecule has 2 aromatic rings. The third kappa shape index (κ3) is 5.67. The van der Waals surface area contributed by atoms with Crippen molar-refractivity contribution in [2.75, 3.05) is 19.0 Å². The van der Waals surface area contributed by atoms with Crippen molar-refractivity contribution in [2.24, 2.45) is 0 Å². The molecule has 6 nitrogen and oxygen atoms in total. The van der Waals surface area contributed by atoms with Crippen LogP contribution in [0.25, 0.3) is 0 Å². The normalized spacial score (nSPS) is 10.2. The lowest BCUT2D eigenvalue weighted by atomic mass is 10.0. The van der Waals surface area contributed by atoms with Crippen LogP contribution in [0, 0.1) is 6.92 Å². The number of ketones is 1. The van der Waals surface area contributed by atoms with Gasteiger partial charge in [0.2, 0.25) is 5.91 Å². The summed E-state index contributed by atoms with van der Waals surface area (Å²) < 4.78 is 5.50. The molecule has 0 saturated heterocycles. The summed E-state index contributed by atoms with van der Waals surface area (Å²) in [4.78, 5) is 36.4. The molecule has 6 heteroatoms. The molecule has 0 heterocycles. The zero-order chi connectivity index (χ0) is 20.5. The Balaban J connectivity index is 1.92. The molecule has 0 fully saturated rings. The third-order valence-electron chi connectivity index (χ3n) is 4.31. The average Bonchev–Trinajstić information content (AvgIpc) is 2.71. The fourth-order valence-corrected chi connectivity index (χ4v) is 2.69. The van der Waals surface area contributed by atoms with E-state index in [2.05, 4.69) is 10.6 Å². The molecule has 0 aliphatic rings. The molecule has 0 aliphatic carbocycles. The van der Waals surface area contributed by atoms with Gasteiger partial charge in [0.1, 0.15) is 5.75 Å². The molecule has 28 heavy (non-hydrogen) atoms. The standard InChI is InChI=1S/C22H26N2O4/c1-4-14-28-17-10-8-16(9-11-17)20(25)12-13-21(26)24-19-7-5-6-18(15(19)2)22(27)23-3/h5-11H,4,12-14H2,1-3H3,(H,23,27)(H,24,26). The smallest absolute Gasteiger partial charge is 0.251 e. The van der Waals surface area contributed by atoms with Gasteiger partial charge >= 0.3 is 0 Å². The van der Waals surface area contributed by atoms with Crippen molar-refractivity contribution >= 4 is 23.3 Å². The molecule has 0 atom stereocenters. The van der Waals surface area contributed by atoms with Crippen molar-refractivity contribution in [1.82, 2.24) is 5.32 Å². The molecule has 0 aliphatic heterocycles. The molecular weight excluding hydrogens is 356 g/mol. The number of anilines is 1. The van der Waals surface area contributed by atoms with Crippen molar-refractivity contribution in [3.05, 3.63) is 59.2 Å². The van der Waals surface area contributed by atoms with Crippen LogP contribution in [0.1, 0.15) is 52.5 Å². The first kappa shape index (κ1) is 21.2. The Kier molecular flexibility index (Phi) is 7.75. The summed E-state index contributed by atoms with van der Waals surface area (Å²) in [5.41, 5.74) is 2.30. The number of hydrogen-bond acceptors (Lipinski definition) is 4. The molecule has 0 radical (unpaired) electrons. The summed E-state index contributed by atoms with van der Waals surface area (Å²) in [6.07, 6.45) is 1.09. The maximum absolute atomic E-state index is 12.3. The summed E-state index contributed by atoms with van der Waals surface area (Å²) in [6, 6.07) is 12.1. The summed E-state index contributed by atoms with van der Waals surface area (Å²) >= 11 is 0. The van der Waals surface area contributed by atoms with Crippen molar-refractivity contribution in [1.29, 1.82) is 0 Å². The third-order valence-corrected chi connectivity index (χ3v) is 4.31. The van der Waals surface area contributed by atoms with E-state index in [1.54, 1.807) is 56.4 Å². The van der Waals surface area contributed by atoms with E-state index in [0.717, 1.165) is 12.2 Å². The Morgan fingerprint density at radius 3 is 2.36 bits per heavy atom. The molecular formula is C22H26N2O4. The van der Waals surface area contributed by atoms with Gasteiger partial charge in [0.25, 0.3) is 5.91 Å². The van der Waals surface area contributed by atoms with Crippen molar-refractivity contribution in [3.63, 3.8) is 0 Å². The average molecular weight is 382 g/mol. The van der Waals surface area contributed by atoms with E-state index in [-0.39, 0.29) is 30.4 Å². The number of hydrogen-bond donors (Lipinski definition) is 2. The van der Waals surface area contributed by atoms with Gasteiger partial charge in [0.05, 0.1) is 6.61 Å². The van der Waals surface area contributed by atoms with Crippen LogP contribution >= 0.6 is 0 Å². The Bertz CT molecular complexity index is 844. The summed E-state index contributed by atoms with van der Waals surface area (Å²) in [7, 11) is 1.56. The van der Waals surface area contributed by atoms with E-state index in [4.69, 9.17) is 4.74 Å². The zero-order valence-corrected chi connectivity index (χ0v) is 16.5. The largest absolute Gasteiger partial charge is 0.494 e. The minimum atomic E-state index is -0.270. The maximum Gasteiger partial charge on any atom is 0.251 e. The second-order valence-electron chi connectivity index (χ2n) is 6.40. The Morgan fingerprint density at radius 2 is 1.71 bits per heavy atom. The second-order valence-corrected chi connectivity index (χ2v) is 6.40. The lowest BCUT2D eigenvalue weighted by Gasteiger charge is -2.11. The van der Waals surface area contributed by atoms with Gasteiger partial charge in [-0.1, -0.05) is 13.0 Å². The highest BCUT2D eigenvalue weighted by molar-refractivity contribution is 6.01. The topological polar surface area (TPSA) is 84.5 Å². The van der Waals surface area contributed by atoms with E-state index >= 15 is 0 Å². The number of nitrogens with one attached hydrogen (secondary N) is 2. The van der Waals surface area contributed by atoms with Crippen molar-refractivity contribution in [3.8, 4) is 5.75 Å². The van der Waals surface area contributed by atoms with Crippen LogP contribution in [-0.4, -0.2) is 31.3 Å². The van der Waals surface area contributed by atoms with Crippen LogP contribution in [0.5, 0.6) is 5.75 Å². The second kappa shape index (κ2) is 10.3. The van der Waals surface area contributed by atoms with Crippen LogP contribution in [0.3, 0.4) is 0 Å². The van der Waals surface area contributed by atoms with Gasteiger partial charge in [-0.15, -0.1) is 0 Å². The predicted octanol–water partition coefficient (Wildman–Crippen LogP) is 3.75. The zero-order valence-electron chi connectivity index (χ0n) is 16.5. The molecule has 148 valence electrons. The number of ether oxygens (including phenoxy) is 1. The molecule has 2 amide bonds. The van der Waals surface area contributed by atoms with Gasteiger partial charge in [-0.3, -0.25) is 14.4 Å². The predicted molar refractivity (Wildman–Crippen MR) is 109 cm³/mol. The summed E-state index contributed by atoms with van der Waals surface area (Å²) in [6.45, 7) is 4.43. The SMILES string of the molecule is CCCOc1ccc(C(=O)CCC(=O)Nc2cccc(C(=O)NC)c2C)cc1. The number of Topliss-reactive ketones (excluding diaryl/α,β-unsaturated/α-hetero) is 1. The maximum atomic E-state index is 12.3. The lowest BCUT2D eigenvalue weighted by molar-refractivity contribution is -0.116. The first-order chi connectivity index (χ1) is 13.5. The molecule has 2 N–H and O–H groups in total. The van der Waals surface area contributed by atoms with E-state index < -0.39 is 0 Å². The molecule has 0 saturated carbocycles. The van der Waals surface area contributed by atoms with Gasteiger partial charge in [0.15, 0.2) is 5.78 Å². The van der Waals surface area contributed by atoms with E-state index in [9.17, 15) is 14.4 Å². The van der Waals surface area contributed by atoms with E-state index in [0.29, 0.717) is 29.0 Å². The van der Waals surface area contributed by atoms with Gasteiger partial charge in [-0.25, -0.2) is 0 Å². The van der Waals surface area contributed by atoms with Gasteiger partial charge in [-0.05, 0) is 55.3 Å². The highest BCUT2D eigenvalue weighted by Crippen LogP contribution is 2.20. The first-order valence-corrected chi connectivity index (χ1v) is 9.33. The number of benzene rings is 2. The van der Waals surface area contributed by atoms with Crippen molar-refractivity contribution in [2.45, 2.75) is 33.1 Å². The van der Waals surface area contributed by atoms with Crippen LogP contribution in [0.2, 0.25) is 0 Å². The number of amides is 2. The van der Waals surface area contributed by atoms with E-state index in [1.165, 1.54) is 0 Å². The number of rotatable bonds is 9. The highest BCUT2D eigenvalue weighted by Gasteiger charge is 2.14. The summed E-state index contributed by atoms with van der Waals surface area (Å²) in [5, 5.41) is 5.35. The fourth-order valence-electron chi connectivity index (χ4n) is 2.69. The monoisotopic (exact) mass is 382 g/mol. The molecule has 2 rings (SSSR count). The number of carbonyl (C=O) groups is 3. The van der Waals surface area contributed by atoms with Crippen LogP contribution < -0.4 is 15.4 Å². The molecule has 0 bridgehead atoms. The van der Waals surface area contributed by atoms with Gasteiger partial charge in [0, 0.05) is 36.7 Å². The molecule has 0 spiro atoms. The first-order valence-electron chi connectivity index (χ1n) is 9.33. The Morgan fingerprint density at radius 1 is 1.00 bits per heavy atom. The Labute approximate surface area is 165 Å². The Hall–Kier alpha value is -3.15. The van der Waals surface area contributed by atoms with E-state index in [1.807, 2.05) is 6.92 Å². The highest BCUT2D eigenvalue weighted by atomic mass is 16.5. The minimum Gasteiger partial charge on any atom is -0.494 e. The van der Waals surface area contributed by atoms with Crippen LogP contribution in [-0.2, 0) is 4.79 Å².